The molecule has 6 nitrogen and oxygen atoms in total. The maximum Gasteiger partial charge on any atom is 0.213 e. The molecular formula is C26H27N3O3. The number of para-hydroxylation sites is 1. The van der Waals surface area contributed by atoms with Crippen LogP contribution in [-0.2, 0) is 12.6 Å². The van der Waals surface area contributed by atoms with Crippen LogP contribution in [0.3, 0.4) is 0 Å². The van der Waals surface area contributed by atoms with Crippen LogP contribution in [0.2, 0.25) is 0 Å². The highest BCUT2D eigenvalue weighted by atomic mass is 16.5. The zero-order chi connectivity index (χ0) is 21.9. The van der Waals surface area contributed by atoms with Gasteiger partial charge < -0.3 is 14.8 Å². The number of carbonyl (C=O) groups excluding carboxylic acids is 1. The largest absolute Gasteiger partial charge is 0.496 e. The minimum Gasteiger partial charge on any atom is -0.496 e. The third-order valence-electron chi connectivity index (χ3n) is 7.09. The highest BCUT2D eigenvalue weighted by Crippen LogP contribution is 2.50. The van der Waals surface area contributed by atoms with E-state index < -0.39 is 5.60 Å². The molecule has 164 valence electrons. The van der Waals surface area contributed by atoms with Gasteiger partial charge in [0, 0.05) is 31.0 Å². The molecule has 2 fully saturated rings. The number of rotatable bonds is 4. The number of aromatic nitrogens is 2. The Labute approximate surface area is 187 Å². The fraction of sp³-hybridized carbons (Fsp3) is 0.385. The molecule has 1 saturated heterocycles. The number of aryl methyl sites for hydroxylation is 1. The molecule has 0 radical (unpaired) electrons. The van der Waals surface area contributed by atoms with Crippen LogP contribution < -0.4 is 14.8 Å². The Morgan fingerprint density at radius 2 is 1.97 bits per heavy atom. The maximum atomic E-state index is 13.8. The van der Waals surface area contributed by atoms with E-state index >= 15 is 0 Å². The third kappa shape index (κ3) is 2.89. The number of nitrogens with one attached hydrogen (secondary N) is 1. The first-order valence-electron chi connectivity index (χ1n) is 11.4. The first-order chi connectivity index (χ1) is 15.6. The smallest absolute Gasteiger partial charge is 0.213 e. The fourth-order valence-corrected chi connectivity index (χ4v) is 5.34. The van der Waals surface area contributed by atoms with E-state index in [1.54, 1.807) is 7.11 Å². The van der Waals surface area contributed by atoms with Crippen molar-refractivity contribution in [1.29, 1.82) is 0 Å². The molecule has 6 heteroatoms. The number of ketones is 1. The van der Waals surface area contributed by atoms with Crippen molar-refractivity contribution >= 4 is 5.78 Å². The molecule has 0 bridgehead atoms. The minimum atomic E-state index is -0.549. The third-order valence-corrected chi connectivity index (χ3v) is 7.09. The van der Waals surface area contributed by atoms with Crippen molar-refractivity contribution in [2.24, 2.45) is 7.05 Å². The summed E-state index contributed by atoms with van der Waals surface area (Å²) in [5.41, 5.74) is 4.64. The first kappa shape index (κ1) is 19.6. The molecule has 3 aromatic rings. The number of methoxy groups -OCH3 is 1. The number of nitrogens with zero attached hydrogens (tertiary/aromatic N) is 2. The first-order valence-corrected chi connectivity index (χ1v) is 11.4. The highest BCUT2D eigenvalue weighted by molar-refractivity contribution is 6.10. The Hall–Kier alpha value is -3.12. The molecule has 1 N–H and O–H groups in total. The zero-order valence-electron chi connectivity index (χ0n) is 18.5. The SMILES string of the molecule is COc1cc(C(=O)c2nn(C)c3c2C2(CCNCC2)Oc2ccccc2-3)ccc1C1CC1. The van der Waals surface area contributed by atoms with E-state index in [1.165, 1.54) is 18.4 Å². The van der Waals surface area contributed by atoms with Gasteiger partial charge in [0.05, 0.1) is 18.4 Å². The molecule has 2 aliphatic heterocycles. The topological polar surface area (TPSA) is 65.4 Å². The van der Waals surface area contributed by atoms with Gasteiger partial charge in [-0.2, -0.15) is 5.10 Å². The lowest BCUT2D eigenvalue weighted by atomic mass is 9.79. The summed E-state index contributed by atoms with van der Waals surface area (Å²) in [6.07, 6.45) is 3.96. The van der Waals surface area contributed by atoms with Crippen LogP contribution in [0.1, 0.15) is 58.8 Å². The Kier molecular flexibility index (Phi) is 4.40. The van der Waals surface area contributed by atoms with Crippen LogP contribution in [0.5, 0.6) is 11.5 Å². The molecule has 1 spiro atoms. The van der Waals surface area contributed by atoms with Crippen molar-refractivity contribution in [2.45, 2.75) is 37.2 Å². The molecule has 0 amide bonds. The van der Waals surface area contributed by atoms with Gasteiger partial charge in [-0.1, -0.05) is 24.3 Å². The lowest BCUT2D eigenvalue weighted by molar-refractivity contribution is 0.0298. The second kappa shape index (κ2) is 7.20. The van der Waals surface area contributed by atoms with Gasteiger partial charge in [-0.25, -0.2) is 0 Å². The van der Waals surface area contributed by atoms with Gasteiger partial charge >= 0.3 is 0 Å². The number of hydrogen-bond donors (Lipinski definition) is 1. The van der Waals surface area contributed by atoms with E-state index in [1.807, 2.05) is 54.2 Å². The van der Waals surface area contributed by atoms with Crippen molar-refractivity contribution in [3.63, 3.8) is 0 Å². The molecule has 32 heavy (non-hydrogen) atoms. The number of ether oxygens (including phenoxy) is 2. The van der Waals surface area contributed by atoms with Crippen molar-refractivity contribution in [3.05, 3.63) is 64.8 Å². The minimum absolute atomic E-state index is 0.0802. The quantitative estimate of drug-likeness (QED) is 0.631. The molecule has 3 heterocycles. The van der Waals surface area contributed by atoms with Crippen molar-refractivity contribution < 1.29 is 14.3 Å². The average molecular weight is 430 g/mol. The molecule has 1 saturated carbocycles. The monoisotopic (exact) mass is 429 g/mol. The normalized spacial score (nSPS) is 18.6. The van der Waals surface area contributed by atoms with E-state index in [9.17, 15) is 4.79 Å². The molecule has 0 atom stereocenters. The Bertz CT molecular complexity index is 1220. The predicted octanol–water partition coefficient (Wildman–Crippen LogP) is 4.18. The number of benzene rings is 2. The second-order valence-electron chi connectivity index (χ2n) is 9.10. The molecule has 2 aromatic carbocycles. The van der Waals surface area contributed by atoms with Crippen LogP contribution in [-0.4, -0.2) is 35.8 Å². The summed E-state index contributed by atoms with van der Waals surface area (Å²) >= 11 is 0. The van der Waals surface area contributed by atoms with Gasteiger partial charge in [-0.05, 0) is 55.6 Å². The Morgan fingerprint density at radius 3 is 2.72 bits per heavy atom. The fourth-order valence-electron chi connectivity index (χ4n) is 5.34. The average Bonchev–Trinajstić information content (AvgIpc) is 3.61. The number of carbonyl (C=O) groups is 1. The van der Waals surface area contributed by atoms with Gasteiger partial charge in [0.15, 0.2) is 0 Å². The summed E-state index contributed by atoms with van der Waals surface area (Å²) < 4.78 is 14.1. The van der Waals surface area contributed by atoms with E-state index in [0.717, 1.165) is 54.3 Å². The van der Waals surface area contributed by atoms with E-state index in [2.05, 4.69) is 5.32 Å². The van der Waals surface area contributed by atoms with E-state index in [-0.39, 0.29) is 5.78 Å². The molecule has 1 aliphatic carbocycles. The summed E-state index contributed by atoms with van der Waals surface area (Å²) in [7, 11) is 3.59. The van der Waals surface area contributed by atoms with Gasteiger partial charge in [0.2, 0.25) is 5.78 Å². The van der Waals surface area contributed by atoms with Crippen LogP contribution in [0.15, 0.2) is 42.5 Å². The van der Waals surface area contributed by atoms with E-state index in [0.29, 0.717) is 17.2 Å². The molecular weight excluding hydrogens is 402 g/mol. The molecule has 1 aromatic heterocycles. The standard InChI is InChI=1S/C26H27N3O3/c1-29-24-19-5-3-4-6-20(19)32-26(11-13-27-14-12-26)22(24)23(28-29)25(30)17-9-10-18(16-7-8-16)21(15-17)31-2/h3-6,9-10,15-16,27H,7-8,11-14H2,1-2H3. The summed E-state index contributed by atoms with van der Waals surface area (Å²) in [5, 5.41) is 8.20. The van der Waals surface area contributed by atoms with Gasteiger partial charge in [0.1, 0.15) is 22.8 Å². The lowest BCUT2D eigenvalue weighted by Crippen LogP contribution is -2.46. The number of hydrogen-bond acceptors (Lipinski definition) is 5. The number of fused-ring (bicyclic) bond motifs is 4. The van der Waals surface area contributed by atoms with Gasteiger partial charge in [-0.3, -0.25) is 9.48 Å². The summed E-state index contributed by atoms with van der Waals surface area (Å²) in [6, 6.07) is 13.9. The molecule has 3 aliphatic rings. The van der Waals surface area contributed by atoms with Crippen LogP contribution in [0, 0.1) is 0 Å². The van der Waals surface area contributed by atoms with Crippen molar-refractivity contribution in [1.82, 2.24) is 15.1 Å². The predicted molar refractivity (Wildman–Crippen MR) is 121 cm³/mol. The molecule has 0 unspecified atom stereocenters. The van der Waals surface area contributed by atoms with Crippen LogP contribution in [0.25, 0.3) is 11.3 Å². The summed E-state index contributed by atoms with van der Waals surface area (Å²) in [6.45, 7) is 1.68. The Balaban J connectivity index is 1.51. The Morgan fingerprint density at radius 1 is 1.19 bits per heavy atom. The summed E-state index contributed by atoms with van der Waals surface area (Å²) in [4.78, 5) is 13.8. The summed E-state index contributed by atoms with van der Waals surface area (Å²) in [5.74, 6) is 2.13. The molecule has 6 rings (SSSR count). The lowest BCUT2D eigenvalue weighted by Gasteiger charge is -2.42. The number of piperidine rings is 1. The van der Waals surface area contributed by atoms with Crippen LogP contribution in [0.4, 0.5) is 0 Å². The van der Waals surface area contributed by atoms with Crippen LogP contribution >= 0.6 is 0 Å². The van der Waals surface area contributed by atoms with Crippen molar-refractivity contribution in [3.8, 4) is 22.8 Å². The van der Waals surface area contributed by atoms with Crippen molar-refractivity contribution in [2.75, 3.05) is 20.2 Å². The van der Waals surface area contributed by atoms with E-state index in [4.69, 9.17) is 14.6 Å². The second-order valence-corrected chi connectivity index (χ2v) is 9.10. The zero-order valence-corrected chi connectivity index (χ0v) is 18.5. The highest BCUT2D eigenvalue weighted by Gasteiger charge is 2.47. The maximum absolute atomic E-state index is 13.8. The van der Waals surface area contributed by atoms with Gasteiger partial charge in [0.25, 0.3) is 0 Å². The van der Waals surface area contributed by atoms with Gasteiger partial charge in [-0.15, -0.1) is 0 Å².